The molecule has 3 rings (SSSR count). The first-order valence-electron chi connectivity index (χ1n) is 5.69. The first-order chi connectivity index (χ1) is 8.93. The Morgan fingerprint density at radius 2 is 1.44 bits per heavy atom. The van der Waals surface area contributed by atoms with Crippen LogP contribution in [0.25, 0.3) is 17.1 Å². The molecule has 0 aliphatic rings. The Kier molecular flexibility index (Phi) is 2.75. The highest BCUT2D eigenvalue weighted by molar-refractivity contribution is 5.60. The third kappa shape index (κ3) is 2.08. The van der Waals surface area contributed by atoms with Gasteiger partial charge in [0, 0.05) is 18.2 Å². The van der Waals surface area contributed by atoms with Crippen LogP contribution in [0.4, 0.5) is 0 Å². The minimum absolute atomic E-state index is 0.672. The first-order valence-corrected chi connectivity index (χ1v) is 5.69. The number of aromatic amines is 1. The van der Waals surface area contributed by atoms with E-state index in [1.165, 1.54) is 5.56 Å². The van der Waals surface area contributed by atoms with Gasteiger partial charge in [-0.1, -0.05) is 9.97 Å². The van der Waals surface area contributed by atoms with E-state index in [0.29, 0.717) is 5.95 Å². The predicted molar refractivity (Wildman–Crippen MR) is 65.6 cm³/mol. The first kappa shape index (κ1) is 10.5. The summed E-state index contributed by atoms with van der Waals surface area (Å²) in [4.78, 5) is 11.4. The number of aromatic nitrogens is 4. The van der Waals surface area contributed by atoms with E-state index in [1.807, 2.05) is 53.6 Å². The average molecular weight is 236 g/mol. The summed E-state index contributed by atoms with van der Waals surface area (Å²) in [7, 11) is 0. The molecule has 86 valence electrons. The molecule has 1 N–H and O–H groups in total. The van der Waals surface area contributed by atoms with E-state index in [9.17, 15) is 0 Å². The highest BCUT2D eigenvalue weighted by atomic mass is 15.1. The highest BCUT2D eigenvalue weighted by Crippen LogP contribution is 2.15. The fraction of sp³-hybridized carbons (Fsp3) is 0. The van der Waals surface area contributed by atoms with Crippen LogP contribution < -0.4 is 9.55 Å². The zero-order valence-corrected chi connectivity index (χ0v) is 9.69. The van der Waals surface area contributed by atoms with Gasteiger partial charge in [-0.2, -0.15) is 0 Å². The van der Waals surface area contributed by atoms with Gasteiger partial charge in [-0.15, -0.1) is 0 Å². The molecule has 3 aromatic rings. The van der Waals surface area contributed by atoms with Gasteiger partial charge in [-0.05, 0) is 23.3 Å². The number of rotatable bonds is 2. The van der Waals surface area contributed by atoms with Crippen molar-refractivity contribution in [3.8, 4) is 17.1 Å². The van der Waals surface area contributed by atoms with E-state index in [4.69, 9.17) is 0 Å². The number of nitrogens with one attached hydrogen (secondary N) is 1. The summed E-state index contributed by atoms with van der Waals surface area (Å²) in [5.41, 5.74) is 2.34. The van der Waals surface area contributed by atoms with E-state index >= 15 is 0 Å². The molecule has 0 unspecified atom stereocenters. The van der Waals surface area contributed by atoms with Gasteiger partial charge in [-0.25, -0.2) is 9.55 Å². The molecule has 0 spiro atoms. The van der Waals surface area contributed by atoms with Crippen molar-refractivity contribution in [2.45, 2.75) is 0 Å². The molecule has 0 amide bonds. The van der Waals surface area contributed by atoms with Crippen molar-refractivity contribution in [2.24, 2.45) is 0 Å². The second-order valence-electron chi connectivity index (χ2n) is 3.83. The molecule has 18 heavy (non-hydrogen) atoms. The largest absolute Gasteiger partial charge is 0.437 e. The molecule has 0 radical (unpaired) electrons. The molecule has 0 saturated carbocycles. The lowest BCUT2D eigenvalue weighted by Crippen LogP contribution is -2.31. The van der Waals surface area contributed by atoms with Crippen LogP contribution in [0.5, 0.6) is 0 Å². The van der Waals surface area contributed by atoms with Crippen molar-refractivity contribution in [3.05, 3.63) is 67.5 Å². The fourth-order valence-corrected chi connectivity index (χ4v) is 1.76. The number of hydrogen-bond acceptors (Lipinski definition) is 2. The third-order valence-electron chi connectivity index (χ3n) is 2.66. The van der Waals surface area contributed by atoms with E-state index in [-0.39, 0.29) is 0 Å². The maximum absolute atomic E-state index is 4.20. The summed E-state index contributed by atoms with van der Waals surface area (Å²) >= 11 is 0. The van der Waals surface area contributed by atoms with Crippen LogP contribution in [0.1, 0.15) is 0 Å². The molecule has 0 saturated heterocycles. The van der Waals surface area contributed by atoms with Crippen LogP contribution in [-0.2, 0) is 0 Å². The van der Waals surface area contributed by atoms with Gasteiger partial charge in [0.05, 0.1) is 12.4 Å². The smallest absolute Gasteiger partial charge is 0.218 e. The highest BCUT2D eigenvalue weighted by Gasteiger charge is 2.07. The van der Waals surface area contributed by atoms with Crippen LogP contribution in [0.15, 0.2) is 67.5 Å². The van der Waals surface area contributed by atoms with Crippen molar-refractivity contribution in [3.63, 3.8) is 0 Å². The topological polar surface area (TPSA) is 43.8 Å². The summed E-state index contributed by atoms with van der Waals surface area (Å²) in [6.45, 7) is 0. The van der Waals surface area contributed by atoms with Crippen molar-refractivity contribution in [2.75, 3.05) is 0 Å². The average Bonchev–Trinajstić information content (AvgIpc) is 2.49. The Hall–Kier alpha value is -2.62. The van der Waals surface area contributed by atoms with Crippen LogP contribution in [-0.4, -0.2) is 9.97 Å². The Bertz CT molecular complexity index is 562. The van der Waals surface area contributed by atoms with Gasteiger partial charge < -0.3 is 0 Å². The lowest BCUT2D eigenvalue weighted by atomic mass is 10.1. The Balaban J connectivity index is 1.95. The molecule has 0 bridgehead atoms. The van der Waals surface area contributed by atoms with Crippen molar-refractivity contribution >= 4 is 0 Å². The minimum Gasteiger partial charge on any atom is -0.218 e. The minimum atomic E-state index is 0.672. The van der Waals surface area contributed by atoms with E-state index in [0.717, 1.165) is 5.56 Å². The lowest BCUT2D eigenvalue weighted by molar-refractivity contribution is -0.603. The quantitative estimate of drug-likeness (QED) is 0.628. The maximum Gasteiger partial charge on any atom is 0.437 e. The molecule has 0 aliphatic heterocycles. The second-order valence-corrected chi connectivity index (χ2v) is 3.83. The Morgan fingerprint density at radius 3 is 2.11 bits per heavy atom. The summed E-state index contributed by atoms with van der Waals surface area (Å²) in [6, 6.07) is 9.98. The van der Waals surface area contributed by atoms with Crippen molar-refractivity contribution in [1.29, 1.82) is 0 Å². The summed E-state index contributed by atoms with van der Waals surface area (Å²) in [6.07, 6.45) is 11.2. The van der Waals surface area contributed by atoms with Crippen LogP contribution in [0.3, 0.4) is 0 Å². The molecular weight excluding hydrogens is 224 g/mol. The summed E-state index contributed by atoms with van der Waals surface area (Å²) in [5.74, 6) is 0.672. The Labute approximate surface area is 105 Å². The number of nitrogens with zero attached hydrogens (tertiary/aromatic N) is 3. The van der Waals surface area contributed by atoms with Crippen LogP contribution in [0, 0.1) is 0 Å². The van der Waals surface area contributed by atoms with Crippen molar-refractivity contribution in [1.82, 2.24) is 9.97 Å². The van der Waals surface area contributed by atoms with Crippen LogP contribution in [0.2, 0.25) is 0 Å². The van der Waals surface area contributed by atoms with Crippen LogP contribution >= 0.6 is 0 Å². The summed E-state index contributed by atoms with van der Waals surface area (Å²) < 4.78 is 1.89. The lowest BCUT2D eigenvalue weighted by Gasteiger charge is -1.99. The zero-order valence-electron chi connectivity index (χ0n) is 9.69. The van der Waals surface area contributed by atoms with E-state index < -0.39 is 0 Å². The molecule has 3 heterocycles. The van der Waals surface area contributed by atoms with Crippen molar-refractivity contribution < 1.29 is 9.55 Å². The number of hydrogen-bond donors (Lipinski definition) is 0. The number of H-pyrrole nitrogens is 1. The Morgan fingerprint density at radius 1 is 0.833 bits per heavy atom. The second kappa shape index (κ2) is 4.71. The van der Waals surface area contributed by atoms with Gasteiger partial charge in [0.15, 0.2) is 12.4 Å². The SMILES string of the molecule is c1cnc(-[n+]2ccc(-c3cc[nH+]cc3)cc2)nc1. The molecular formula is C14H12N4+2. The maximum atomic E-state index is 4.20. The normalized spacial score (nSPS) is 10.2. The molecule has 4 heteroatoms. The van der Waals surface area contributed by atoms with Gasteiger partial charge in [0.1, 0.15) is 12.4 Å². The molecule has 0 atom stereocenters. The molecule has 0 fully saturated rings. The molecule has 4 nitrogen and oxygen atoms in total. The molecule has 0 aromatic carbocycles. The van der Waals surface area contributed by atoms with Gasteiger partial charge in [0.25, 0.3) is 0 Å². The summed E-state index contributed by atoms with van der Waals surface area (Å²) in [5, 5.41) is 0. The standard InChI is InChI=1S/C14H11N4/c1-6-16-14(17-7-1)18-10-4-13(5-11-18)12-2-8-15-9-3-12/h1-11H/q+1/p+1. The number of pyridine rings is 2. The van der Waals surface area contributed by atoms with Gasteiger partial charge in [0.2, 0.25) is 0 Å². The molecule has 3 aromatic heterocycles. The fourth-order valence-electron chi connectivity index (χ4n) is 1.76. The van der Waals surface area contributed by atoms with E-state index in [1.54, 1.807) is 18.5 Å². The monoisotopic (exact) mass is 236 g/mol. The predicted octanol–water partition coefficient (Wildman–Crippen LogP) is 1.23. The molecule has 0 aliphatic carbocycles. The van der Waals surface area contributed by atoms with Gasteiger partial charge in [-0.3, -0.25) is 0 Å². The van der Waals surface area contributed by atoms with Gasteiger partial charge >= 0.3 is 5.95 Å². The third-order valence-corrected chi connectivity index (χ3v) is 2.66. The van der Waals surface area contributed by atoms with E-state index in [2.05, 4.69) is 15.0 Å². The zero-order chi connectivity index (χ0) is 12.2.